The summed E-state index contributed by atoms with van der Waals surface area (Å²) in [5.41, 5.74) is 2.19. The van der Waals surface area contributed by atoms with Gasteiger partial charge in [0.15, 0.2) is 0 Å². The number of aromatic nitrogens is 2. The Bertz CT molecular complexity index is 588. The quantitative estimate of drug-likeness (QED) is 0.858. The highest BCUT2D eigenvalue weighted by Crippen LogP contribution is 2.23. The van der Waals surface area contributed by atoms with E-state index in [4.69, 9.17) is 4.74 Å². The van der Waals surface area contributed by atoms with Crippen LogP contribution in [-0.4, -0.2) is 29.8 Å². The molecule has 0 bridgehead atoms. The molecule has 112 valence electrons. The summed E-state index contributed by atoms with van der Waals surface area (Å²) < 4.78 is 5.13. The molecule has 1 heterocycles. The van der Waals surface area contributed by atoms with Gasteiger partial charge in [-0.15, -0.1) is 0 Å². The Balaban J connectivity index is 2.11. The van der Waals surface area contributed by atoms with E-state index in [1.54, 1.807) is 13.3 Å². The smallest absolute Gasteiger partial charge is 0.255 e. The maximum Gasteiger partial charge on any atom is 0.255 e. The molecule has 5 heteroatoms. The standard InChI is InChI=1S/C16H21N3O2/c1-11(2)8-9-17-16(20)14-10-18-19-15(14)12-4-6-13(21-3)7-5-12/h4-7,10-11H,8-9H2,1-3H3,(H,17,20)(H,18,19). The normalized spacial score (nSPS) is 10.7. The fourth-order valence-corrected chi connectivity index (χ4v) is 2.01. The zero-order valence-corrected chi connectivity index (χ0v) is 12.6. The largest absolute Gasteiger partial charge is 0.497 e. The molecule has 0 spiro atoms. The van der Waals surface area contributed by atoms with Crippen LogP contribution in [0.2, 0.25) is 0 Å². The van der Waals surface area contributed by atoms with E-state index in [0.29, 0.717) is 18.0 Å². The first kappa shape index (κ1) is 15.1. The minimum Gasteiger partial charge on any atom is -0.497 e. The molecule has 0 fully saturated rings. The average molecular weight is 287 g/mol. The highest BCUT2D eigenvalue weighted by molar-refractivity contribution is 5.99. The lowest BCUT2D eigenvalue weighted by Gasteiger charge is -2.08. The van der Waals surface area contributed by atoms with Gasteiger partial charge in [0, 0.05) is 12.1 Å². The zero-order valence-electron chi connectivity index (χ0n) is 12.6. The van der Waals surface area contributed by atoms with Crippen molar-refractivity contribution in [1.82, 2.24) is 15.5 Å². The van der Waals surface area contributed by atoms with E-state index >= 15 is 0 Å². The molecular formula is C16H21N3O2. The number of ether oxygens (including phenoxy) is 1. The Labute approximate surface area is 124 Å². The minimum absolute atomic E-state index is 0.102. The molecular weight excluding hydrogens is 266 g/mol. The second kappa shape index (κ2) is 6.92. The monoisotopic (exact) mass is 287 g/mol. The van der Waals surface area contributed by atoms with Gasteiger partial charge in [-0.3, -0.25) is 9.89 Å². The lowest BCUT2D eigenvalue weighted by molar-refractivity contribution is 0.0952. The van der Waals surface area contributed by atoms with Crippen molar-refractivity contribution in [3.63, 3.8) is 0 Å². The number of nitrogens with one attached hydrogen (secondary N) is 2. The number of methoxy groups -OCH3 is 1. The van der Waals surface area contributed by atoms with Crippen LogP contribution in [0.4, 0.5) is 0 Å². The summed E-state index contributed by atoms with van der Waals surface area (Å²) in [6.07, 6.45) is 2.52. The number of amides is 1. The number of hydrogen-bond donors (Lipinski definition) is 2. The van der Waals surface area contributed by atoms with E-state index in [2.05, 4.69) is 29.4 Å². The number of hydrogen-bond acceptors (Lipinski definition) is 3. The van der Waals surface area contributed by atoms with Gasteiger partial charge in [0.05, 0.1) is 24.6 Å². The van der Waals surface area contributed by atoms with Gasteiger partial charge in [-0.25, -0.2) is 0 Å². The molecule has 5 nitrogen and oxygen atoms in total. The SMILES string of the molecule is COc1ccc(-c2[nH]ncc2C(=O)NCCC(C)C)cc1. The molecule has 0 radical (unpaired) electrons. The molecule has 0 aliphatic carbocycles. The predicted molar refractivity (Wildman–Crippen MR) is 82.4 cm³/mol. The van der Waals surface area contributed by atoms with Gasteiger partial charge in [0.1, 0.15) is 5.75 Å². The Kier molecular flexibility index (Phi) is 4.98. The maximum atomic E-state index is 12.2. The second-order valence-corrected chi connectivity index (χ2v) is 5.33. The third-order valence-electron chi connectivity index (χ3n) is 3.27. The van der Waals surface area contributed by atoms with E-state index in [0.717, 1.165) is 23.4 Å². The van der Waals surface area contributed by atoms with Crippen molar-refractivity contribution < 1.29 is 9.53 Å². The molecule has 1 aromatic heterocycles. The van der Waals surface area contributed by atoms with E-state index in [1.165, 1.54) is 0 Å². The lowest BCUT2D eigenvalue weighted by Crippen LogP contribution is -2.25. The van der Waals surface area contributed by atoms with Crippen LogP contribution < -0.4 is 10.1 Å². The third-order valence-corrected chi connectivity index (χ3v) is 3.27. The molecule has 0 atom stereocenters. The Hall–Kier alpha value is -2.30. The van der Waals surface area contributed by atoms with Gasteiger partial charge in [-0.1, -0.05) is 13.8 Å². The number of carbonyl (C=O) groups is 1. The van der Waals surface area contributed by atoms with Crippen LogP contribution in [0.25, 0.3) is 11.3 Å². The highest BCUT2D eigenvalue weighted by atomic mass is 16.5. The van der Waals surface area contributed by atoms with Crippen molar-refractivity contribution in [2.24, 2.45) is 5.92 Å². The summed E-state index contributed by atoms with van der Waals surface area (Å²) >= 11 is 0. The van der Waals surface area contributed by atoms with Gasteiger partial charge < -0.3 is 10.1 Å². The summed E-state index contributed by atoms with van der Waals surface area (Å²) in [5, 5.41) is 9.80. The van der Waals surface area contributed by atoms with Crippen LogP contribution in [0.1, 0.15) is 30.6 Å². The molecule has 0 saturated heterocycles. The average Bonchev–Trinajstić information content (AvgIpc) is 2.96. The molecule has 1 aromatic carbocycles. The van der Waals surface area contributed by atoms with Gasteiger partial charge in [-0.05, 0) is 36.6 Å². The van der Waals surface area contributed by atoms with Crippen LogP contribution in [0.3, 0.4) is 0 Å². The van der Waals surface area contributed by atoms with Crippen LogP contribution in [0, 0.1) is 5.92 Å². The number of H-pyrrole nitrogens is 1. The van der Waals surface area contributed by atoms with Gasteiger partial charge in [0.25, 0.3) is 5.91 Å². The van der Waals surface area contributed by atoms with Crippen molar-refractivity contribution in [2.45, 2.75) is 20.3 Å². The fourth-order valence-electron chi connectivity index (χ4n) is 2.01. The molecule has 0 saturated carbocycles. The summed E-state index contributed by atoms with van der Waals surface area (Å²) in [6, 6.07) is 7.52. The molecule has 2 rings (SSSR count). The van der Waals surface area contributed by atoms with Crippen LogP contribution in [0.5, 0.6) is 5.75 Å². The molecule has 0 aliphatic rings. The number of aromatic amines is 1. The van der Waals surface area contributed by atoms with Gasteiger partial charge >= 0.3 is 0 Å². The van der Waals surface area contributed by atoms with Crippen LogP contribution in [-0.2, 0) is 0 Å². The van der Waals surface area contributed by atoms with Crippen molar-refractivity contribution in [3.05, 3.63) is 36.0 Å². The summed E-state index contributed by atoms with van der Waals surface area (Å²) in [5.74, 6) is 1.24. The Morgan fingerprint density at radius 2 is 2.05 bits per heavy atom. The van der Waals surface area contributed by atoms with E-state index in [9.17, 15) is 4.79 Å². The highest BCUT2D eigenvalue weighted by Gasteiger charge is 2.15. The van der Waals surface area contributed by atoms with E-state index in [-0.39, 0.29) is 5.91 Å². The molecule has 21 heavy (non-hydrogen) atoms. The minimum atomic E-state index is -0.102. The van der Waals surface area contributed by atoms with E-state index in [1.807, 2.05) is 24.3 Å². The number of benzene rings is 1. The van der Waals surface area contributed by atoms with Gasteiger partial charge in [-0.2, -0.15) is 5.10 Å². The van der Waals surface area contributed by atoms with Crippen molar-refractivity contribution in [1.29, 1.82) is 0 Å². The third kappa shape index (κ3) is 3.84. The van der Waals surface area contributed by atoms with Gasteiger partial charge in [0.2, 0.25) is 0 Å². The fraction of sp³-hybridized carbons (Fsp3) is 0.375. The number of rotatable bonds is 6. The van der Waals surface area contributed by atoms with Crippen molar-refractivity contribution in [2.75, 3.05) is 13.7 Å². The maximum absolute atomic E-state index is 12.2. The molecule has 2 N–H and O–H groups in total. The van der Waals surface area contributed by atoms with Crippen molar-refractivity contribution >= 4 is 5.91 Å². The first-order chi connectivity index (χ1) is 10.1. The molecule has 2 aromatic rings. The van der Waals surface area contributed by atoms with Crippen molar-refractivity contribution in [3.8, 4) is 17.0 Å². The Morgan fingerprint density at radius 3 is 2.67 bits per heavy atom. The summed E-state index contributed by atoms with van der Waals surface area (Å²) in [4.78, 5) is 12.2. The summed E-state index contributed by atoms with van der Waals surface area (Å²) in [7, 11) is 1.62. The molecule has 0 aliphatic heterocycles. The first-order valence-corrected chi connectivity index (χ1v) is 7.07. The van der Waals surface area contributed by atoms with E-state index < -0.39 is 0 Å². The second-order valence-electron chi connectivity index (χ2n) is 5.33. The lowest BCUT2D eigenvalue weighted by atomic mass is 10.1. The molecule has 1 amide bonds. The Morgan fingerprint density at radius 1 is 1.33 bits per heavy atom. The topological polar surface area (TPSA) is 67.0 Å². The zero-order chi connectivity index (χ0) is 15.2. The summed E-state index contributed by atoms with van der Waals surface area (Å²) in [6.45, 7) is 4.93. The predicted octanol–water partition coefficient (Wildman–Crippen LogP) is 2.86. The number of nitrogens with zero attached hydrogens (tertiary/aromatic N) is 1. The molecule has 0 unspecified atom stereocenters. The first-order valence-electron chi connectivity index (χ1n) is 7.07. The van der Waals surface area contributed by atoms with Crippen LogP contribution in [0.15, 0.2) is 30.5 Å². The van der Waals surface area contributed by atoms with Crippen LogP contribution >= 0.6 is 0 Å². The number of carbonyl (C=O) groups excluding carboxylic acids is 1.